The molecule has 0 aliphatic rings. The Kier molecular flexibility index (Phi) is 5.88. The molecule has 4 aromatic rings. The van der Waals surface area contributed by atoms with Gasteiger partial charge in [-0.25, -0.2) is 0 Å². The molecule has 12 heteroatoms. The molecule has 0 saturated heterocycles. The standard InChI is InChI=1S/C20H17N7O3S2/c1-3-16-23-24-20-26(16)25-18(32-20)13-8-7-11(2)15(10-13)21-19(31)22-17(28)12-5-4-6-14(9-12)27(29)30/h4-10H,3H2,1-2H3,(H2,21,22,28,31). The number of amides is 1. The number of hydrogen-bond donors (Lipinski definition) is 2. The molecule has 2 aromatic carbocycles. The van der Waals surface area contributed by atoms with Crippen molar-refractivity contribution >= 4 is 50.9 Å². The number of rotatable bonds is 5. The van der Waals surface area contributed by atoms with Gasteiger partial charge in [0.2, 0.25) is 4.96 Å². The highest BCUT2D eigenvalue weighted by Crippen LogP contribution is 2.29. The molecule has 0 fully saturated rings. The molecular formula is C20H17N7O3S2. The smallest absolute Gasteiger partial charge is 0.270 e. The molecular weight excluding hydrogens is 450 g/mol. The minimum Gasteiger partial charge on any atom is -0.332 e. The van der Waals surface area contributed by atoms with Crippen LogP contribution in [0, 0.1) is 17.0 Å². The fraction of sp³-hybridized carbons (Fsp3) is 0.150. The molecule has 0 aliphatic heterocycles. The van der Waals surface area contributed by atoms with E-state index in [2.05, 4.69) is 25.9 Å². The maximum Gasteiger partial charge on any atom is 0.270 e. The summed E-state index contributed by atoms with van der Waals surface area (Å²) in [6.07, 6.45) is 0.726. The number of thiocarbonyl (C=S) groups is 1. The van der Waals surface area contributed by atoms with Crippen LogP contribution in [-0.4, -0.2) is 35.8 Å². The first kappa shape index (κ1) is 21.5. The number of carbonyl (C=O) groups excluding carboxylic acids is 1. The van der Waals surface area contributed by atoms with E-state index in [1.54, 1.807) is 4.52 Å². The zero-order chi connectivity index (χ0) is 22.8. The second kappa shape index (κ2) is 8.77. The van der Waals surface area contributed by atoms with Crippen molar-refractivity contribution < 1.29 is 9.72 Å². The van der Waals surface area contributed by atoms with Crippen molar-refractivity contribution in [2.45, 2.75) is 20.3 Å². The summed E-state index contributed by atoms with van der Waals surface area (Å²) in [5.74, 6) is 0.249. The monoisotopic (exact) mass is 467 g/mol. The van der Waals surface area contributed by atoms with Crippen LogP contribution < -0.4 is 10.6 Å². The van der Waals surface area contributed by atoms with E-state index in [0.29, 0.717) is 10.6 Å². The average Bonchev–Trinajstić information content (AvgIpc) is 3.36. The van der Waals surface area contributed by atoms with E-state index < -0.39 is 10.8 Å². The highest BCUT2D eigenvalue weighted by atomic mass is 32.1. The highest BCUT2D eigenvalue weighted by Gasteiger charge is 2.15. The number of benzene rings is 2. The number of nitro benzene ring substituents is 1. The van der Waals surface area contributed by atoms with Gasteiger partial charge in [0.25, 0.3) is 11.6 Å². The Morgan fingerprint density at radius 3 is 2.81 bits per heavy atom. The first-order valence-electron chi connectivity index (χ1n) is 9.54. The summed E-state index contributed by atoms with van der Waals surface area (Å²) in [5, 5.41) is 30.2. The molecule has 1 amide bonds. The van der Waals surface area contributed by atoms with Gasteiger partial charge in [-0.3, -0.25) is 20.2 Å². The van der Waals surface area contributed by atoms with E-state index >= 15 is 0 Å². The van der Waals surface area contributed by atoms with Gasteiger partial charge in [-0.05, 0) is 36.8 Å². The van der Waals surface area contributed by atoms with Gasteiger partial charge in [-0.1, -0.05) is 36.5 Å². The molecule has 0 atom stereocenters. The summed E-state index contributed by atoms with van der Waals surface area (Å²) < 4.78 is 1.73. The van der Waals surface area contributed by atoms with Crippen LogP contribution in [0.2, 0.25) is 0 Å². The normalized spacial score (nSPS) is 10.8. The van der Waals surface area contributed by atoms with Crippen LogP contribution in [0.25, 0.3) is 15.5 Å². The van der Waals surface area contributed by atoms with Crippen molar-refractivity contribution in [3.05, 3.63) is 69.5 Å². The summed E-state index contributed by atoms with van der Waals surface area (Å²) >= 11 is 6.70. The fourth-order valence-corrected chi connectivity index (χ4v) is 4.03. The lowest BCUT2D eigenvalue weighted by molar-refractivity contribution is -0.384. The predicted molar refractivity (Wildman–Crippen MR) is 125 cm³/mol. The Hall–Kier alpha value is -3.77. The van der Waals surface area contributed by atoms with Gasteiger partial charge in [0.15, 0.2) is 10.9 Å². The van der Waals surface area contributed by atoms with Crippen molar-refractivity contribution in [2.75, 3.05) is 5.32 Å². The van der Waals surface area contributed by atoms with Gasteiger partial charge >= 0.3 is 0 Å². The Morgan fingerprint density at radius 1 is 1.25 bits per heavy atom. The molecule has 162 valence electrons. The van der Waals surface area contributed by atoms with Crippen molar-refractivity contribution in [2.24, 2.45) is 0 Å². The molecule has 0 spiro atoms. The van der Waals surface area contributed by atoms with E-state index in [1.165, 1.54) is 35.6 Å². The second-order valence-corrected chi connectivity index (χ2v) is 8.18. The SMILES string of the molecule is CCc1nnc2sc(-c3ccc(C)c(NC(=S)NC(=O)c4cccc([N+](=O)[O-])c4)c3)nn12. The lowest BCUT2D eigenvalue weighted by Gasteiger charge is -2.12. The maximum absolute atomic E-state index is 12.4. The third-order valence-electron chi connectivity index (χ3n) is 4.65. The number of non-ortho nitro benzene ring substituents is 1. The van der Waals surface area contributed by atoms with E-state index in [4.69, 9.17) is 12.2 Å². The van der Waals surface area contributed by atoms with Crippen molar-refractivity contribution in [3.63, 3.8) is 0 Å². The molecule has 4 rings (SSSR count). The van der Waals surface area contributed by atoms with Crippen LogP contribution in [-0.2, 0) is 6.42 Å². The molecule has 2 heterocycles. The van der Waals surface area contributed by atoms with Crippen LogP contribution in [0.15, 0.2) is 42.5 Å². The van der Waals surface area contributed by atoms with E-state index in [9.17, 15) is 14.9 Å². The summed E-state index contributed by atoms with van der Waals surface area (Å²) in [4.78, 5) is 23.5. The third-order valence-corrected chi connectivity index (χ3v) is 5.80. The van der Waals surface area contributed by atoms with Crippen LogP contribution in [0.1, 0.15) is 28.7 Å². The number of aryl methyl sites for hydroxylation is 2. The number of nitrogens with one attached hydrogen (secondary N) is 2. The van der Waals surface area contributed by atoms with Gasteiger partial charge in [0.05, 0.1) is 4.92 Å². The topological polar surface area (TPSA) is 127 Å². The summed E-state index contributed by atoms with van der Waals surface area (Å²) in [6.45, 7) is 3.90. The first-order chi connectivity index (χ1) is 15.4. The fourth-order valence-electron chi connectivity index (χ4n) is 2.97. The largest absolute Gasteiger partial charge is 0.332 e. The van der Waals surface area contributed by atoms with Gasteiger partial charge in [0, 0.05) is 35.4 Å². The number of hydrogen-bond acceptors (Lipinski definition) is 8. The van der Waals surface area contributed by atoms with Gasteiger partial charge in [-0.15, -0.1) is 10.2 Å². The summed E-state index contributed by atoms with van der Waals surface area (Å²) in [7, 11) is 0. The minimum absolute atomic E-state index is 0.0770. The lowest BCUT2D eigenvalue weighted by atomic mass is 10.1. The Labute approximate surface area is 191 Å². The molecule has 2 N–H and O–H groups in total. The second-order valence-electron chi connectivity index (χ2n) is 6.82. The minimum atomic E-state index is -0.558. The molecule has 0 aliphatic carbocycles. The number of carbonyl (C=O) groups is 1. The quantitative estimate of drug-likeness (QED) is 0.258. The van der Waals surface area contributed by atoms with Crippen molar-refractivity contribution in [3.8, 4) is 10.6 Å². The molecule has 32 heavy (non-hydrogen) atoms. The zero-order valence-corrected chi connectivity index (χ0v) is 18.7. The number of aromatic nitrogens is 4. The number of nitrogens with zero attached hydrogens (tertiary/aromatic N) is 5. The van der Waals surface area contributed by atoms with Crippen molar-refractivity contribution in [1.82, 2.24) is 25.1 Å². The van der Waals surface area contributed by atoms with E-state index in [-0.39, 0.29) is 16.4 Å². The maximum atomic E-state index is 12.4. The van der Waals surface area contributed by atoms with E-state index in [0.717, 1.165) is 28.4 Å². The molecule has 0 unspecified atom stereocenters. The average molecular weight is 468 g/mol. The predicted octanol–water partition coefficient (Wildman–Crippen LogP) is 3.76. The van der Waals surface area contributed by atoms with Crippen molar-refractivity contribution in [1.29, 1.82) is 0 Å². The van der Waals surface area contributed by atoms with Gasteiger partial charge < -0.3 is 5.32 Å². The third kappa shape index (κ3) is 4.31. The lowest BCUT2D eigenvalue weighted by Crippen LogP contribution is -2.34. The summed E-state index contributed by atoms with van der Waals surface area (Å²) in [6, 6.07) is 11.2. The molecule has 0 saturated carbocycles. The highest BCUT2D eigenvalue weighted by molar-refractivity contribution is 7.80. The van der Waals surface area contributed by atoms with Crippen LogP contribution in [0.5, 0.6) is 0 Å². The van der Waals surface area contributed by atoms with E-state index in [1.807, 2.05) is 32.0 Å². The molecule has 2 aromatic heterocycles. The Morgan fingerprint density at radius 2 is 2.06 bits per heavy atom. The Bertz CT molecular complexity index is 1360. The van der Waals surface area contributed by atoms with Gasteiger partial charge in [-0.2, -0.15) is 9.61 Å². The number of anilines is 1. The Balaban J connectivity index is 1.51. The summed E-state index contributed by atoms with van der Waals surface area (Å²) in [5.41, 5.74) is 2.45. The molecule has 10 nitrogen and oxygen atoms in total. The molecule has 0 bridgehead atoms. The van der Waals surface area contributed by atoms with Crippen LogP contribution >= 0.6 is 23.6 Å². The van der Waals surface area contributed by atoms with Crippen LogP contribution in [0.3, 0.4) is 0 Å². The zero-order valence-electron chi connectivity index (χ0n) is 17.0. The van der Waals surface area contributed by atoms with Gasteiger partial charge in [0.1, 0.15) is 5.01 Å². The number of fused-ring (bicyclic) bond motifs is 1. The first-order valence-corrected chi connectivity index (χ1v) is 10.8. The number of nitro groups is 1. The van der Waals surface area contributed by atoms with Crippen LogP contribution in [0.4, 0.5) is 11.4 Å². The molecule has 0 radical (unpaired) electrons.